The molecule has 2 rings (SSSR count). The van der Waals surface area contributed by atoms with E-state index in [0.717, 1.165) is 11.6 Å². The fourth-order valence-electron chi connectivity index (χ4n) is 2.07. The van der Waals surface area contributed by atoms with Crippen LogP contribution in [0.2, 0.25) is 5.02 Å². The van der Waals surface area contributed by atoms with Crippen LogP contribution in [-0.2, 0) is 0 Å². The molecule has 5 heteroatoms. The Balaban J connectivity index is 2.38. The fraction of sp³-hybridized carbons (Fsp3) is 0.200. The van der Waals surface area contributed by atoms with Gasteiger partial charge in [-0.2, -0.15) is 0 Å². The summed E-state index contributed by atoms with van der Waals surface area (Å²) in [5.41, 5.74) is 6.96. The summed E-state index contributed by atoms with van der Waals surface area (Å²) < 4.78 is 27.3. The molecule has 0 aliphatic heterocycles. The van der Waals surface area contributed by atoms with Crippen LogP contribution in [0.25, 0.3) is 0 Å². The van der Waals surface area contributed by atoms with Gasteiger partial charge in [0.1, 0.15) is 0 Å². The maximum Gasteiger partial charge on any atom is 0.184 e. The monoisotopic (exact) mass is 296 g/mol. The number of nitrogens with zero attached hydrogens (tertiary/aromatic N) is 1. The Morgan fingerprint density at radius 3 is 2.30 bits per heavy atom. The SMILES string of the molecule is CC(c1ccc(Cl)cc1)N(C)c1c(N)ccc(F)c1F. The van der Waals surface area contributed by atoms with Crippen molar-refractivity contribution < 1.29 is 8.78 Å². The van der Waals surface area contributed by atoms with Crippen molar-refractivity contribution in [2.24, 2.45) is 0 Å². The summed E-state index contributed by atoms with van der Waals surface area (Å²) in [5.74, 6) is -1.85. The maximum absolute atomic E-state index is 13.9. The molecule has 0 fully saturated rings. The van der Waals surface area contributed by atoms with Crippen molar-refractivity contribution in [2.75, 3.05) is 17.7 Å². The molecule has 0 aliphatic carbocycles. The summed E-state index contributed by atoms with van der Waals surface area (Å²) in [5, 5.41) is 0.625. The molecule has 2 nitrogen and oxygen atoms in total. The Bertz CT molecular complexity index is 614. The van der Waals surface area contributed by atoms with E-state index in [-0.39, 0.29) is 17.4 Å². The van der Waals surface area contributed by atoms with Crippen LogP contribution < -0.4 is 10.6 Å². The number of hydrogen-bond acceptors (Lipinski definition) is 2. The number of benzene rings is 2. The summed E-state index contributed by atoms with van der Waals surface area (Å²) in [7, 11) is 1.67. The van der Waals surface area contributed by atoms with E-state index >= 15 is 0 Å². The molecule has 106 valence electrons. The fourth-order valence-corrected chi connectivity index (χ4v) is 2.20. The summed E-state index contributed by atoms with van der Waals surface area (Å²) >= 11 is 5.84. The Morgan fingerprint density at radius 2 is 1.70 bits per heavy atom. The standard InChI is InChI=1S/C15H15ClF2N2/c1-9(10-3-5-11(16)6-4-10)20(2)15-13(19)8-7-12(17)14(15)18/h3-9H,19H2,1-2H3. The molecule has 0 spiro atoms. The molecule has 2 aromatic rings. The first-order valence-corrected chi connectivity index (χ1v) is 6.51. The molecule has 2 N–H and O–H groups in total. The molecule has 0 amide bonds. The van der Waals surface area contributed by atoms with Gasteiger partial charge in [0.2, 0.25) is 0 Å². The van der Waals surface area contributed by atoms with E-state index in [1.165, 1.54) is 6.07 Å². The van der Waals surface area contributed by atoms with Crippen molar-refractivity contribution in [1.29, 1.82) is 0 Å². The van der Waals surface area contributed by atoms with E-state index in [0.29, 0.717) is 5.02 Å². The van der Waals surface area contributed by atoms with Crippen LogP contribution in [0, 0.1) is 11.6 Å². The topological polar surface area (TPSA) is 29.3 Å². The van der Waals surface area contributed by atoms with E-state index in [4.69, 9.17) is 17.3 Å². The van der Waals surface area contributed by atoms with Gasteiger partial charge >= 0.3 is 0 Å². The second-order valence-electron chi connectivity index (χ2n) is 4.64. The van der Waals surface area contributed by atoms with Gasteiger partial charge in [-0.3, -0.25) is 0 Å². The summed E-state index contributed by atoms with van der Waals surface area (Å²) in [6, 6.07) is 9.41. The highest BCUT2D eigenvalue weighted by Gasteiger charge is 2.20. The van der Waals surface area contributed by atoms with E-state index in [1.54, 1.807) is 24.1 Å². The van der Waals surface area contributed by atoms with Crippen molar-refractivity contribution >= 4 is 23.0 Å². The zero-order valence-corrected chi connectivity index (χ0v) is 12.0. The summed E-state index contributed by atoms with van der Waals surface area (Å²) in [6.45, 7) is 1.88. The average Bonchev–Trinajstić information content (AvgIpc) is 2.43. The number of nitrogen functional groups attached to an aromatic ring is 1. The van der Waals surface area contributed by atoms with Crippen LogP contribution in [0.1, 0.15) is 18.5 Å². The van der Waals surface area contributed by atoms with Gasteiger partial charge in [0.25, 0.3) is 0 Å². The van der Waals surface area contributed by atoms with Crippen LogP contribution in [0.15, 0.2) is 36.4 Å². The van der Waals surface area contributed by atoms with Crippen molar-refractivity contribution in [2.45, 2.75) is 13.0 Å². The molecule has 0 heterocycles. The van der Waals surface area contributed by atoms with Gasteiger partial charge in [0.05, 0.1) is 17.4 Å². The normalized spacial score (nSPS) is 12.2. The molecule has 1 unspecified atom stereocenters. The van der Waals surface area contributed by atoms with Crippen molar-refractivity contribution in [3.63, 3.8) is 0 Å². The van der Waals surface area contributed by atoms with Gasteiger partial charge < -0.3 is 10.6 Å². The van der Waals surface area contributed by atoms with Crippen LogP contribution in [-0.4, -0.2) is 7.05 Å². The maximum atomic E-state index is 13.9. The molecule has 2 aromatic carbocycles. The minimum absolute atomic E-state index is 0.0625. The Hall–Kier alpha value is -1.81. The highest BCUT2D eigenvalue weighted by atomic mass is 35.5. The first-order valence-electron chi connectivity index (χ1n) is 6.13. The number of rotatable bonds is 3. The average molecular weight is 297 g/mol. The van der Waals surface area contributed by atoms with Gasteiger partial charge in [-0.15, -0.1) is 0 Å². The third-order valence-electron chi connectivity index (χ3n) is 3.39. The quantitative estimate of drug-likeness (QED) is 0.851. The number of halogens is 3. The smallest absolute Gasteiger partial charge is 0.184 e. The molecule has 1 atom stereocenters. The highest BCUT2D eigenvalue weighted by Crippen LogP contribution is 2.33. The predicted molar refractivity (Wildman–Crippen MR) is 79.0 cm³/mol. The lowest BCUT2D eigenvalue weighted by Crippen LogP contribution is -2.24. The molecule has 0 aromatic heterocycles. The van der Waals surface area contributed by atoms with E-state index < -0.39 is 11.6 Å². The zero-order valence-electron chi connectivity index (χ0n) is 11.2. The number of hydrogen-bond donors (Lipinski definition) is 1. The van der Waals surface area contributed by atoms with Gasteiger partial charge in [-0.05, 0) is 36.8 Å². The van der Waals surface area contributed by atoms with E-state index in [9.17, 15) is 8.78 Å². The minimum Gasteiger partial charge on any atom is -0.397 e. The summed E-state index contributed by atoms with van der Waals surface area (Å²) in [4.78, 5) is 1.61. The van der Waals surface area contributed by atoms with Crippen LogP contribution in [0.4, 0.5) is 20.2 Å². The second kappa shape index (κ2) is 5.67. The van der Waals surface area contributed by atoms with Gasteiger partial charge in [0.15, 0.2) is 11.6 Å². The van der Waals surface area contributed by atoms with Gasteiger partial charge in [0, 0.05) is 12.1 Å². The van der Waals surface area contributed by atoms with E-state index in [2.05, 4.69) is 0 Å². The summed E-state index contributed by atoms with van der Waals surface area (Å²) in [6.07, 6.45) is 0. The molecule has 0 aliphatic rings. The third-order valence-corrected chi connectivity index (χ3v) is 3.64. The molecule has 0 radical (unpaired) electrons. The molecule has 0 saturated carbocycles. The number of anilines is 2. The van der Waals surface area contributed by atoms with Crippen LogP contribution in [0.3, 0.4) is 0 Å². The van der Waals surface area contributed by atoms with Crippen molar-refractivity contribution in [3.05, 3.63) is 58.6 Å². The molecule has 0 bridgehead atoms. The second-order valence-corrected chi connectivity index (χ2v) is 5.07. The first kappa shape index (κ1) is 14.6. The first-order chi connectivity index (χ1) is 9.41. The largest absolute Gasteiger partial charge is 0.397 e. The van der Waals surface area contributed by atoms with Crippen LogP contribution in [0.5, 0.6) is 0 Å². The predicted octanol–water partition coefficient (Wildman–Crippen LogP) is 4.40. The molecule has 20 heavy (non-hydrogen) atoms. The Labute approximate surface area is 121 Å². The lowest BCUT2D eigenvalue weighted by Gasteiger charge is -2.29. The molecule has 0 saturated heterocycles. The van der Waals surface area contributed by atoms with Crippen LogP contribution >= 0.6 is 11.6 Å². The van der Waals surface area contributed by atoms with Crippen molar-refractivity contribution in [1.82, 2.24) is 0 Å². The lowest BCUT2D eigenvalue weighted by atomic mass is 10.1. The van der Waals surface area contributed by atoms with Crippen molar-refractivity contribution in [3.8, 4) is 0 Å². The van der Waals surface area contributed by atoms with Gasteiger partial charge in [-0.1, -0.05) is 23.7 Å². The molecular weight excluding hydrogens is 282 g/mol. The Morgan fingerprint density at radius 1 is 1.10 bits per heavy atom. The van der Waals surface area contributed by atoms with Gasteiger partial charge in [-0.25, -0.2) is 8.78 Å². The minimum atomic E-state index is -0.937. The third kappa shape index (κ3) is 2.70. The molecular formula is C15H15ClF2N2. The zero-order chi connectivity index (χ0) is 14.9. The van der Waals surface area contributed by atoms with E-state index in [1.807, 2.05) is 19.1 Å². The highest BCUT2D eigenvalue weighted by molar-refractivity contribution is 6.30. The number of nitrogens with two attached hydrogens (primary N) is 1. The Kier molecular flexibility index (Phi) is 4.14. The lowest BCUT2D eigenvalue weighted by molar-refractivity contribution is 0.505.